The van der Waals surface area contributed by atoms with Gasteiger partial charge < -0.3 is 14.8 Å². The molecule has 0 aliphatic heterocycles. The highest BCUT2D eigenvalue weighted by molar-refractivity contribution is 5.97. The van der Waals surface area contributed by atoms with E-state index in [4.69, 9.17) is 9.47 Å². The molecule has 0 saturated carbocycles. The van der Waals surface area contributed by atoms with Crippen molar-refractivity contribution in [2.24, 2.45) is 5.92 Å². The Kier molecular flexibility index (Phi) is 8.14. The highest BCUT2D eigenvalue weighted by Gasteiger charge is 2.16. The Bertz CT molecular complexity index is 852. The zero-order valence-electron chi connectivity index (χ0n) is 16.2. The summed E-state index contributed by atoms with van der Waals surface area (Å²) in [6, 6.07) is 11.5. The number of amides is 3. The smallest absolute Gasteiger partial charge is 0.342 e. The highest BCUT2D eigenvalue weighted by atomic mass is 19.1. The lowest BCUT2D eigenvalue weighted by molar-refractivity contribution is -0.123. The van der Waals surface area contributed by atoms with Crippen LogP contribution < -0.4 is 15.4 Å². The molecule has 0 radical (unpaired) electrons. The Balaban J connectivity index is 1.88. The minimum atomic E-state index is -0.766. The van der Waals surface area contributed by atoms with Crippen molar-refractivity contribution in [2.75, 3.05) is 13.2 Å². The molecule has 0 unspecified atom stereocenters. The van der Waals surface area contributed by atoms with Gasteiger partial charge in [-0.05, 0) is 35.7 Å². The van der Waals surface area contributed by atoms with E-state index < -0.39 is 24.5 Å². The van der Waals surface area contributed by atoms with Crippen molar-refractivity contribution in [3.8, 4) is 5.75 Å². The number of hydrogen-bond donors (Lipinski definition) is 2. The fourth-order valence-corrected chi connectivity index (χ4v) is 2.22. The third kappa shape index (κ3) is 7.61. The number of para-hydroxylation sites is 1. The maximum atomic E-state index is 13.0. The summed E-state index contributed by atoms with van der Waals surface area (Å²) in [6.07, 6.45) is 0. The standard InChI is InChI=1S/C21H23FN2O5/c1-14(2)11-23-21(27)24-19(25)13-29-20(26)17-5-3-4-6-18(17)28-12-15-7-9-16(22)10-8-15/h3-10,14H,11-13H2,1-2H3,(H2,23,24,25,27). The van der Waals surface area contributed by atoms with Gasteiger partial charge in [-0.15, -0.1) is 0 Å². The summed E-state index contributed by atoms with van der Waals surface area (Å²) in [5.41, 5.74) is 0.855. The fraction of sp³-hybridized carbons (Fsp3) is 0.286. The molecular weight excluding hydrogens is 379 g/mol. The van der Waals surface area contributed by atoms with Gasteiger partial charge in [0.05, 0.1) is 0 Å². The molecule has 0 atom stereocenters. The average molecular weight is 402 g/mol. The van der Waals surface area contributed by atoms with Crippen LogP contribution in [0.15, 0.2) is 48.5 Å². The lowest BCUT2D eigenvalue weighted by Crippen LogP contribution is -2.42. The van der Waals surface area contributed by atoms with Crippen molar-refractivity contribution in [3.63, 3.8) is 0 Å². The third-order valence-electron chi connectivity index (χ3n) is 3.67. The number of nitrogens with one attached hydrogen (secondary N) is 2. The summed E-state index contributed by atoms with van der Waals surface area (Å²) in [7, 11) is 0. The molecule has 29 heavy (non-hydrogen) atoms. The van der Waals surface area contributed by atoms with E-state index in [1.165, 1.54) is 18.2 Å². The van der Waals surface area contributed by atoms with Crippen LogP contribution >= 0.6 is 0 Å². The van der Waals surface area contributed by atoms with Gasteiger partial charge in [-0.1, -0.05) is 38.1 Å². The minimum absolute atomic E-state index is 0.126. The molecule has 3 amide bonds. The lowest BCUT2D eigenvalue weighted by Gasteiger charge is -2.12. The predicted octanol–water partition coefficient (Wildman–Crippen LogP) is 3.04. The van der Waals surface area contributed by atoms with Crippen molar-refractivity contribution < 1.29 is 28.2 Å². The molecule has 2 aromatic rings. The van der Waals surface area contributed by atoms with E-state index in [1.54, 1.807) is 30.3 Å². The molecule has 0 bridgehead atoms. The molecule has 0 spiro atoms. The normalized spacial score (nSPS) is 10.3. The molecule has 0 saturated heterocycles. The Morgan fingerprint density at radius 1 is 1.03 bits per heavy atom. The maximum absolute atomic E-state index is 13.0. The van der Waals surface area contributed by atoms with Gasteiger partial charge in [-0.25, -0.2) is 14.0 Å². The largest absolute Gasteiger partial charge is 0.488 e. The van der Waals surface area contributed by atoms with Crippen molar-refractivity contribution in [3.05, 3.63) is 65.5 Å². The van der Waals surface area contributed by atoms with E-state index in [2.05, 4.69) is 10.6 Å². The van der Waals surface area contributed by atoms with Crippen molar-refractivity contribution in [1.82, 2.24) is 10.6 Å². The number of ether oxygens (including phenoxy) is 2. The number of imide groups is 1. The van der Waals surface area contributed by atoms with Crippen LogP contribution in [0.2, 0.25) is 0 Å². The van der Waals surface area contributed by atoms with Crippen LogP contribution in [0.5, 0.6) is 5.75 Å². The second-order valence-electron chi connectivity index (χ2n) is 6.64. The average Bonchev–Trinajstić information content (AvgIpc) is 2.70. The zero-order chi connectivity index (χ0) is 21.2. The SMILES string of the molecule is CC(C)CNC(=O)NC(=O)COC(=O)c1ccccc1OCc1ccc(F)cc1. The van der Waals surface area contributed by atoms with Crippen LogP contribution in [0.4, 0.5) is 9.18 Å². The van der Waals surface area contributed by atoms with Crippen LogP contribution in [0.25, 0.3) is 0 Å². The lowest BCUT2D eigenvalue weighted by atomic mass is 10.2. The molecule has 0 aliphatic carbocycles. The van der Waals surface area contributed by atoms with Gasteiger partial charge in [0.2, 0.25) is 0 Å². The molecule has 7 nitrogen and oxygen atoms in total. The van der Waals surface area contributed by atoms with E-state index in [0.717, 1.165) is 5.56 Å². The van der Waals surface area contributed by atoms with E-state index >= 15 is 0 Å². The predicted molar refractivity (Wildman–Crippen MR) is 104 cm³/mol. The van der Waals surface area contributed by atoms with Crippen LogP contribution in [0.1, 0.15) is 29.8 Å². The summed E-state index contributed by atoms with van der Waals surface area (Å²) in [4.78, 5) is 35.6. The zero-order valence-corrected chi connectivity index (χ0v) is 16.2. The number of carbonyl (C=O) groups excluding carboxylic acids is 3. The van der Waals surface area contributed by atoms with Gasteiger partial charge >= 0.3 is 12.0 Å². The van der Waals surface area contributed by atoms with Gasteiger partial charge in [0, 0.05) is 6.54 Å². The summed E-state index contributed by atoms with van der Waals surface area (Å²) < 4.78 is 23.6. The van der Waals surface area contributed by atoms with Crippen molar-refractivity contribution in [1.29, 1.82) is 0 Å². The second kappa shape index (κ2) is 10.8. The molecule has 0 aliphatic rings. The third-order valence-corrected chi connectivity index (χ3v) is 3.67. The Labute approximate surface area is 168 Å². The molecule has 2 rings (SSSR count). The van der Waals surface area contributed by atoms with Crippen molar-refractivity contribution >= 4 is 17.9 Å². The summed E-state index contributed by atoms with van der Waals surface area (Å²) in [6.45, 7) is 3.76. The van der Waals surface area contributed by atoms with E-state index in [1.807, 2.05) is 13.8 Å². The fourth-order valence-electron chi connectivity index (χ4n) is 2.22. The van der Waals surface area contributed by atoms with Gasteiger partial charge in [0.25, 0.3) is 5.91 Å². The van der Waals surface area contributed by atoms with Crippen LogP contribution in [-0.2, 0) is 16.1 Å². The minimum Gasteiger partial charge on any atom is -0.488 e. The first kappa shape index (κ1) is 21.9. The highest BCUT2D eigenvalue weighted by Crippen LogP contribution is 2.20. The number of benzene rings is 2. The molecule has 2 N–H and O–H groups in total. The van der Waals surface area contributed by atoms with Gasteiger partial charge in [-0.2, -0.15) is 0 Å². The molecule has 2 aromatic carbocycles. The van der Waals surface area contributed by atoms with Gasteiger partial charge in [0.15, 0.2) is 6.61 Å². The topological polar surface area (TPSA) is 93.7 Å². The summed E-state index contributed by atoms with van der Waals surface area (Å²) in [5, 5.41) is 4.60. The Morgan fingerprint density at radius 2 is 1.72 bits per heavy atom. The van der Waals surface area contributed by atoms with E-state index in [9.17, 15) is 18.8 Å². The van der Waals surface area contributed by atoms with Crippen LogP contribution in [0.3, 0.4) is 0 Å². The van der Waals surface area contributed by atoms with Gasteiger partial charge in [-0.3, -0.25) is 10.1 Å². The number of halogens is 1. The summed E-state index contributed by atoms with van der Waals surface area (Å²) in [5.74, 6) is -1.37. The van der Waals surface area contributed by atoms with Crippen LogP contribution in [0, 0.1) is 11.7 Å². The van der Waals surface area contributed by atoms with E-state index in [0.29, 0.717) is 6.54 Å². The first-order chi connectivity index (χ1) is 13.8. The molecule has 0 fully saturated rings. The maximum Gasteiger partial charge on any atom is 0.342 e. The molecule has 154 valence electrons. The molecule has 0 heterocycles. The first-order valence-corrected chi connectivity index (χ1v) is 9.06. The van der Waals surface area contributed by atoms with Gasteiger partial charge in [0.1, 0.15) is 23.7 Å². The number of carbonyl (C=O) groups is 3. The Hall–Kier alpha value is -3.42. The summed E-state index contributed by atoms with van der Waals surface area (Å²) >= 11 is 0. The molecule has 8 heteroatoms. The monoisotopic (exact) mass is 402 g/mol. The van der Waals surface area contributed by atoms with E-state index in [-0.39, 0.29) is 29.7 Å². The van der Waals surface area contributed by atoms with Crippen molar-refractivity contribution in [2.45, 2.75) is 20.5 Å². The number of hydrogen-bond acceptors (Lipinski definition) is 5. The number of urea groups is 1. The molecular formula is C21H23FN2O5. The number of esters is 1. The second-order valence-corrected chi connectivity index (χ2v) is 6.64. The number of rotatable bonds is 8. The molecule has 0 aromatic heterocycles. The van der Waals surface area contributed by atoms with Crippen LogP contribution in [-0.4, -0.2) is 31.1 Å². The quantitative estimate of drug-likeness (QED) is 0.662. The Morgan fingerprint density at radius 3 is 2.41 bits per heavy atom. The first-order valence-electron chi connectivity index (χ1n) is 9.06.